The van der Waals surface area contributed by atoms with Crippen molar-refractivity contribution in [2.24, 2.45) is 0 Å². The van der Waals surface area contributed by atoms with Gasteiger partial charge in [-0.15, -0.1) is 21.5 Å². The predicted octanol–water partition coefficient (Wildman–Crippen LogP) is 2.75. The van der Waals surface area contributed by atoms with E-state index in [9.17, 15) is 4.79 Å². The maximum Gasteiger partial charge on any atom is 0.339 e. The molecule has 0 N–H and O–H groups in total. The van der Waals surface area contributed by atoms with Crippen molar-refractivity contribution >= 4 is 23.0 Å². The Kier molecular flexibility index (Phi) is 3.96. The molecule has 0 amide bonds. The van der Waals surface area contributed by atoms with Crippen LogP contribution in [0, 0.1) is 0 Å². The Bertz CT molecular complexity index is 749. The smallest absolute Gasteiger partial charge is 0.339 e. The molecule has 3 heterocycles. The molecule has 0 radical (unpaired) electrons. The number of fused-ring (bicyclic) bond motifs is 1. The van der Waals surface area contributed by atoms with Crippen molar-refractivity contribution in [2.45, 2.75) is 19.3 Å². The normalized spacial score (nSPS) is 10.9. The van der Waals surface area contributed by atoms with Crippen LogP contribution in [0.2, 0.25) is 0 Å². The number of rotatable bonds is 5. The highest BCUT2D eigenvalue weighted by molar-refractivity contribution is 7.09. The van der Waals surface area contributed by atoms with Crippen LogP contribution < -0.4 is 0 Å². The molecular formula is C15H15N3O2S. The molecule has 0 fully saturated rings. The average molecular weight is 301 g/mol. The number of thiophene rings is 1. The quantitative estimate of drug-likeness (QED) is 0.680. The van der Waals surface area contributed by atoms with E-state index in [1.165, 1.54) is 12.0 Å². The Morgan fingerprint density at radius 3 is 2.95 bits per heavy atom. The highest BCUT2D eigenvalue weighted by Crippen LogP contribution is 2.14. The van der Waals surface area contributed by atoms with Crippen molar-refractivity contribution in [1.82, 2.24) is 14.6 Å². The summed E-state index contributed by atoms with van der Waals surface area (Å²) in [5.74, 6) is 0.516. The minimum atomic E-state index is -0.352. The summed E-state index contributed by atoms with van der Waals surface area (Å²) in [6, 6.07) is 7.68. The minimum Gasteiger partial charge on any atom is -0.465 e. The van der Waals surface area contributed by atoms with Gasteiger partial charge >= 0.3 is 5.97 Å². The molecule has 5 nitrogen and oxygen atoms in total. The zero-order chi connectivity index (χ0) is 14.7. The first-order chi connectivity index (χ1) is 10.3. The van der Waals surface area contributed by atoms with Crippen molar-refractivity contribution in [3.8, 4) is 0 Å². The lowest BCUT2D eigenvalue weighted by Crippen LogP contribution is -2.04. The fraction of sp³-hybridized carbons (Fsp3) is 0.267. The molecule has 0 aliphatic rings. The lowest BCUT2D eigenvalue weighted by molar-refractivity contribution is 0.0600. The molecule has 6 heteroatoms. The largest absolute Gasteiger partial charge is 0.465 e. The number of carbonyl (C=O) groups is 1. The highest BCUT2D eigenvalue weighted by atomic mass is 32.1. The number of nitrogens with zero attached hydrogens (tertiary/aromatic N) is 3. The summed E-state index contributed by atoms with van der Waals surface area (Å²) in [6.07, 6.45) is 4.60. The Morgan fingerprint density at radius 1 is 1.29 bits per heavy atom. The molecule has 0 unspecified atom stereocenters. The van der Waals surface area contributed by atoms with E-state index in [1.807, 2.05) is 4.40 Å². The van der Waals surface area contributed by atoms with Crippen molar-refractivity contribution in [3.05, 3.63) is 52.1 Å². The van der Waals surface area contributed by atoms with Gasteiger partial charge in [-0.05, 0) is 36.4 Å². The van der Waals surface area contributed by atoms with Gasteiger partial charge in [0.1, 0.15) is 5.82 Å². The molecule has 0 aromatic carbocycles. The predicted molar refractivity (Wildman–Crippen MR) is 80.7 cm³/mol. The second-order valence-electron chi connectivity index (χ2n) is 4.69. The highest BCUT2D eigenvalue weighted by Gasteiger charge is 2.10. The van der Waals surface area contributed by atoms with Crippen LogP contribution in [-0.4, -0.2) is 27.7 Å². The van der Waals surface area contributed by atoms with E-state index < -0.39 is 0 Å². The van der Waals surface area contributed by atoms with Crippen LogP contribution in [-0.2, 0) is 17.6 Å². The van der Waals surface area contributed by atoms with E-state index in [1.54, 1.807) is 29.7 Å². The van der Waals surface area contributed by atoms with Gasteiger partial charge in [-0.3, -0.25) is 4.40 Å². The monoisotopic (exact) mass is 301 g/mol. The molecule has 0 saturated carbocycles. The van der Waals surface area contributed by atoms with Crippen molar-refractivity contribution in [1.29, 1.82) is 0 Å². The van der Waals surface area contributed by atoms with Crippen molar-refractivity contribution in [3.63, 3.8) is 0 Å². The van der Waals surface area contributed by atoms with Gasteiger partial charge in [-0.25, -0.2) is 4.79 Å². The summed E-state index contributed by atoms with van der Waals surface area (Å²) in [6.45, 7) is 0. The van der Waals surface area contributed by atoms with Gasteiger partial charge in [0, 0.05) is 17.5 Å². The maximum atomic E-state index is 11.6. The number of hydrogen-bond donors (Lipinski definition) is 0. The first-order valence-electron chi connectivity index (χ1n) is 6.72. The summed E-state index contributed by atoms with van der Waals surface area (Å²) >= 11 is 1.77. The average Bonchev–Trinajstić information content (AvgIpc) is 3.16. The van der Waals surface area contributed by atoms with Crippen LogP contribution in [0.15, 0.2) is 35.8 Å². The van der Waals surface area contributed by atoms with Gasteiger partial charge in [0.25, 0.3) is 0 Å². The fourth-order valence-corrected chi connectivity index (χ4v) is 2.97. The molecule has 3 aromatic heterocycles. The Balaban J connectivity index is 1.76. The SMILES string of the molecule is COC(=O)c1ccc2nnc(CCCc3cccs3)n2c1. The van der Waals surface area contributed by atoms with Gasteiger partial charge in [0.15, 0.2) is 5.65 Å². The molecule has 3 aromatic rings. The van der Waals surface area contributed by atoms with E-state index in [0.29, 0.717) is 5.56 Å². The molecule has 0 bridgehead atoms. The van der Waals surface area contributed by atoms with E-state index in [2.05, 4.69) is 27.7 Å². The number of aryl methyl sites for hydroxylation is 2. The molecule has 0 atom stereocenters. The zero-order valence-electron chi connectivity index (χ0n) is 11.7. The number of methoxy groups -OCH3 is 1. The third-order valence-electron chi connectivity index (χ3n) is 3.30. The van der Waals surface area contributed by atoms with Gasteiger partial charge in [0.2, 0.25) is 0 Å². The molecule has 3 rings (SSSR count). The maximum absolute atomic E-state index is 11.6. The molecule has 0 aliphatic heterocycles. The van der Waals surface area contributed by atoms with Crippen molar-refractivity contribution < 1.29 is 9.53 Å². The Morgan fingerprint density at radius 2 is 2.19 bits per heavy atom. The molecule has 0 spiro atoms. The number of aromatic nitrogens is 3. The summed E-state index contributed by atoms with van der Waals surface area (Å²) in [5.41, 5.74) is 1.25. The van der Waals surface area contributed by atoms with Gasteiger partial charge in [0.05, 0.1) is 12.7 Å². The lowest BCUT2D eigenvalue weighted by atomic mass is 10.2. The van der Waals surface area contributed by atoms with Crippen LogP contribution in [0.5, 0.6) is 0 Å². The molecular weight excluding hydrogens is 286 g/mol. The lowest BCUT2D eigenvalue weighted by Gasteiger charge is -2.02. The Labute approximate surface area is 126 Å². The summed E-state index contributed by atoms with van der Waals surface area (Å²) in [4.78, 5) is 13.0. The standard InChI is InChI=1S/C15H15N3O2S/c1-20-15(19)11-7-8-14-17-16-13(18(14)10-11)6-2-4-12-5-3-9-21-12/h3,5,7-10H,2,4,6H2,1H3. The minimum absolute atomic E-state index is 0.352. The zero-order valence-corrected chi connectivity index (χ0v) is 12.5. The third-order valence-corrected chi connectivity index (χ3v) is 4.23. The summed E-state index contributed by atoms with van der Waals surface area (Å²) < 4.78 is 6.60. The summed E-state index contributed by atoms with van der Waals surface area (Å²) in [5, 5.41) is 10.4. The van der Waals surface area contributed by atoms with Gasteiger partial charge < -0.3 is 4.74 Å². The second-order valence-corrected chi connectivity index (χ2v) is 5.72. The van der Waals surface area contributed by atoms with E-state index >= 15 is 0 Å². The fourth-order valence-electron chi connectivity index (χ4n) is 2.22. The molecule has 108 valence electrons. The van der Waals surface area contributed by atoms with Gasteiger partial charge in [-0.1, -0.05) is 6.07 Å². The third kappa shape index (κ3) is 2.95. The van der Waals surface area contributed by atoms with E-state index in [4.69, 9.17) is 4.74 Å². The summed E-state index contributed by atoms with van der Waals surface area (Å²) in [7, 11) is 1.38. The number of esters is 1. The first-order valence-corrected chi connectivity index (χ1v) is 7.60. The number of ether oxygens (including phenoxy) is 1. The number of hydrogen-bond acceptors (Lipinski definition) is 5. The van der Waals surface area contributed by atoms with Crippen LogP contribution in [0.3, 0.4) is 0 Å². The number of carbonyl (C=O) groups excluding carboxylic acids is 1. The Hall–Kier alpha value is -2.21. The number of pyridine rings is 1. The second kappa shape index (κ2) is 6.05. The van der Waals surface area contributed by atoms with E-state index in [0.717, 1.165) is 30.7 Å². The van der Waals surface area contributed by atoms with Crippen LogP contribution >= 0.6 is 11.3 Å². The van der Waals surface area contributed by atoms with Crippen LogP contribution in [0.25, 0.3) is 5.65 Å². The molecule has 0 aliphatic carbocycles. The van der Waals surface area contributed by atoms with Crippen LogP contribution in [0.1, 0.15) is 27.5 Å². The van der Waals surface area contributed by atoms with Crippen LogP contribution in [0.4, 0.5) is 0 Å². The van der Waals surface area contributed by atoms with Gasteiger partial charge in [-0.2, -0.15) is 0 Å². The molecule has 0 saturated heterocycles. The topological polar surface area (TPSA) is 56.5 Å². The van der Waals surface area contributed by atoms with Crippen molar-refractivity contribution in [2.75, 3.05) is 7.11 Å². The van der Waals surface area contributed by atoms with E-state index in [-0.39, 0.29) is 5.97 Å². The first kappa shape index (κ1) is 13.8. The molecule has 21 heavy (non-hydrogen) atoms.